The zero-order valence-electron chi connectivity index (χ0n) is 19.0. The average Bonchev–Trinajstić information content (AvgIpc) is 3.24. The number of hydrogen-bond donors (Lipinski definition) is 0. The average molecular weight is 470 g/mol. The van der Waals surface area contributed by atoms with Gasteiger partial charge in [-0.2, -0.15) is 0 Å². The van der Waals surface area contributed by atoms with Crippen LogP contribution in [0.2, 0.25) is 0 Å². The highest BCUT2D eigenvalue weighted by molar-refractivity contribution is 8.18. The summed E-state index contributed by atoms with van der Waals surface area (Å²) >= 11 is 0.870. The molecule has 0 radical (unpaired) electrons. The number of aromatic nitrogens is 1. The second kappa shape index (κ2) is 9.84. The SMILES string of the molecule is CCOc1ccc(-n2c(C)cc(/C=C3\SC(=O)N(CC(=O)N4CCOCC4)C3=O)c2C)cc1. The summed E-state index contributed by atoms with van der Waals surface area (Å²) in [4.78, 5) is 40.9. The van der Waals surface area contributed by atoms with Gasteiger partial charge in [-0.1, -0.05) is 0 Å². The van der Waals surface area contributed by atoms with E-state index in [1.54, 1.807) is 11.0 Å². The van der Waals surface area contributed by atoms with E-state index in [4.69, 9.17) is 9.47 Å². The van der Waals surface area contributed by atoms with Gasteiger partial charge in [-0.15, -0.1) is 0 Å². The normalized spacial score (nSPS) is 17.8. The van der Waals surface area contributed by atoms with Gasteiger partial charge in [0.15, 0.2) is 0 Å². The van der Waals surface area contributed by atoms with Crippen molar-refractivity contribution in [1.29, 1.82) is 0 Å². The van der Waals surface area contributed by atoms with Crippen molar-refractivity contribution in [2.24, 2.45) is 0 Å². The Labute approximate surface area is 197 Å². The Bertz CT molecular complexity index is 1100. The highest BCUT2D eigenvalue weighted by atomic mass is 32.2. The van der Waals surface area contributed by atoms with Gasteiger partial charge < -0.3 is 18.9 Å². The van der Waals surface area contributed by atoms with Crippen molar-refractivity contribution >= 4 is 34.9 Å². The highest BCUT2D eigenvalue weighted by Gasteiger charge is 2.37. The molecule has 3 amide bonds. The Morgan fingerprint density at radius 2 is 1.85 bits per heavy atom. The number of rotatable bonds is 6. The topological polar surface area (TPSA) is 81.1 Å². The number of morpholine rings is 1. The second-order valence-electron chi connectivity index (χ2n) is 7.85. The van der Waals surface area contributed by atoms with Gasteiger partial charge in [0.25, 0.3) is 11.1 Å². The molecular formula is C24H27N3O5S. The molecular weight excluding hydrogens is 442 g/mol. The zero-order valence-corrected chi connectivity index (χ0v) is 19.8. The van der Waals surface area contributed by atoms with Crippen LogP contribution in [0.1, 0.15) is 23.9 Å². The molecule has 0 unspecified atom stereocenters. The van der Waals surface area contributed by atoms with Crippen LogP contribution in [0.4, 0.5) is 4.79 Å². The molecule has 1 aromatic heterocycles. The minimum Gasteiger partial charge on any atom is -0.494 e. The summed E-state index contributed by atoms with van der Waals surface area (Å²) in [6.07, 6.45) is 1.73. The van der Waals surface area contributed by atoms with Crippen molar-refractivity contribution in [3.8, 4) is 11.4 Å². The summed E-state index contributed by atoms with van der Waals surface area (Å²) in [5.74, 6) is 0.136. The summed E-state index contributed by atoms with van der Waals surface area (Å²) in [7, 11) is 0. The van der Waals surface area contributed by atoms with E-state index in [2.05, 4.69) is 4.57 Å². The lowest BCUT2D eigenvalue weighted by Crippen LogP contribution is -2.46. The molecule has 2 aliphatic rings. The summed E-state index contributed by atoms with van der Waals surface area (Å²) < 4.78 is 12.9. The number of carbonyl (C=O) groups is 3. The summed E-state index contributed by atoms with van der Waals surface area (Å²) in [5, 5.41) is -0.423. The molecule has 0 saturated carbocycles. The lowest BCUT2D eigenvalue weighted by atomic mass is 10.2. The largest absolute Gasteiger partial charge is 0.494 e. The zero-order chi connectivity index (χ0) is 23.5. The van der Waals surface area contributed by atoms with Crippen LogP contribution in [0.5, 0.6) is 5.75 Å². The maximum absolute atomic E-state index is 12.9. The first-order valence-electron chi connectivity index (χ1n) is 10.9. The van der Waals surface area contributed by atoms with Crippen molar-refractivity contribution in [2.75, 3.05) is 39.5 Å². The van der Waals surface area contributed by atoms with Crippen LogP contribution >= 0.6 is 11.8 Å². The van der Waals surface area contributed by atoms with Gasteiger partial charge in [-0.3, -0.25) is 19.3 Å². The highest BCUT2D eigenvalue weighted by Crippen LogP contribution is 2.34. The molecule has 0 atom stereocenters. The van der Waals surface area contributed by atoms with E-state index in [-0.39, 0.29) is 12.5 Å². The Hall–Kier alpha value is -3.04. The molecule has 2 aliphatic heterocycles. The third kappa shape index (κ3) is 4.84. The minimum atomic E-state index is -0.433. The van der Waals surface area contributed by atoms with Gasteiger partial charge in [-0.25, -0.2) is 0 Å². The van der Waals surface area contributed by atoms with Gasteiger partial charge in [0.2, 0.25) is 5.91 Å². The predicted molar refractivity (Wildman–Crippen MR) is 126 cm³/mol. The fraction of sp³-hybridized carbons (Fsp3) is 0.375. The molecule has 0 spiro atoms. The van der Waals surface area contributed by atoms with Crippen molar-refractivity contribution < 1.29 is 23.9 Å². The number of hydrogen-bond acceptors (Lipinski definition) is 6. The standard InChI is InChI=1S/C24H27N3O5S/c1-4-32-20-7-5-19(6-8-20)27-16(2)13-18(17(27)3)14-21-23(29)26(24(30)33-21)15-22(28)25-9-11-31-12-10-25/h5-8,13-14H,4,9-12,15H2,1-3H3/b21-14-. The fourth-order valence-corrected chi connectivity index (χ4v) is 4.84. The number of ether oxygens (including phenoxy) is 2. The van der Waals surface area contributed by atoms with Crippen molar-refractivity contribution in [3.63, 3.8) is 0 Å². The van der Waals surface area contributed by atoms with Crippen LogP contribution in [-0.4, -0.2) is 70.9 Å². The quantitative estimate of drug-likeness (QED) is 0.604. The molecule has 2 saturated heterocycles. The van der Waals surface area contributed by atoms with E-state index < -0.39 is 11.1 Å². The van der Waals surface area contributed by atoms with Crippen molar-refractivity contribution in [1.82, 2.24) is 14.4 Å². The molecule has 2 fully saturated rings. The number of aryl methyl sites for hydroxylation is 1. The molecule has 1 aromatic carbocycles. The van der Waals surface area contributed by atoms with Crippen LogP contribution in [0, 0.1) is 13.8 Å². The molecule has 0 N–H and O–H groups in total. The third-order valence-electron chi connectivity index (χ3n) is 5.69. The first-order chi connectivity index (χ1) is 15.9. The van der Waals surface area contributed by atoms with Gasteiger partial charge in [0, 0.05) is 30.2 Å². The van der Waals surface area contributed by atoms with Crippen molar-refractivity contribution in [2.45, 2.75) is 20.8 Å². The minimum absolute atomic E-state index is 0.240. The number of benzene rings is 1. The van der Waals surface area contributed by atoms with Crippen LogP contribution in [0.3, 0.4) is 0 Å². The van der Waals surface area contributed by atoms with Crippen molar-refractivity contribution in [3.05, 3.63) is 52.2 Å². The Morgan fingerprint density at radius 1 is 1.15 bits per heavy atom. The predicted octanol–water partition coefficient (Wildman–Crippen LogP) is 3.39. The van der Waals surface area contributed by atoms with E-state index in [0.29, 0.717) is 37.8 Å². The molecule has 0 bridgehead atoms. The smallest absolute Gasteiger partial charge is 0.294 e. The van der Waals surface area contributed by atoms with Gasteiger partial charge in [0.1, 0.15) is 12.3 Å². The molecule has 2 aromatic rings. The lowest BCUT2D eigenvalue weighted by Gasteiger charge is -2.28. The van der Waals surface area contributed by atoms with E-state index in [1.165, 1.54) is 0 Å². The van der Waals surface area contributed by atoms with Gasteiger partial charge >= 0.3 is 0 Å². The first-order valence-corrected chi connectivity index (χ1v) is 11.7. The van der Waals surface area contributed by atoms with E-state index in [9.17, 15) is 14.4 Å². The summed E-state index contributed by atoms with van der Waals surface area (Å²) in [6, 6.07) is 9.81. The second-order valence-corrected chi connectivity index (χ2v) is 8.84. The molecule has 33 heavy (non-hydrogen) atoms. The van der Waals surface area contributed by atoms with Gasteiger partial charge in [0.05, 0.1) is 24.7 Å². The fourth-order valence-electron chi connectivity index (χ4n) is 4.01. The van der Waals surface area contributed by atoms with Crippen LogP contribution in [-0.2, 0) is 14.3 Å². The maximum atomic E-state index is 12.9. The molecule has 174 valence electrons. The molecule has 9 heteroatoms. The Kier molecular flexibility index (Phi) is 6.90. The lowest BCUT2D eigenvalue weighted by molar-refractivity contribution is -0.139. The maximum Gasteiger partial charge on any atom is 0.294 e. The molecule has 0 aliphatic carbocycles. The number of imide groups is 1. The number of thioether (sulfide) groups is 1. The Balaban J connectivity index is 1.53. The van der Waals surface area contributed by atoms with Crippen LogP contribution < -0.4 is 4.74 Å². The first kappa shape index (κ1) is 23.1. The summed E-state index contributed by atoms with van der Waals surface area (Å²) in [6.45, 7) is 8.17. The monoisotopic (exact) mass is 469 g/mol. The Morgan fingerprint density at radius 3 is 2.52 bits per heavy atom. The van der Waals surface area contributed by atoms with Gasteiger partial charge in [-0.05, 0) is 74.5 Å². The van der Waals surface area contributed by atoms with Crippen LogP contribution in [0.25, 0.3) is 11.8 Å². The number of nitrogens with zero attached hydrogens (tertiary/aromatic N) is 3. The summed E-state index contributed by atoms with van der Waals surface area (Å²) in [5.41, 5.74) is 3.79. The third-order valence-corrected chi connectivity index (χ3v) is 6.60. The number of carbonyl (C=O) groups excluding carboxylic acids is 3. The van der Waals surface area contributed by atoms with E-state index in [1.807, 2.05) is 51.1 Å². The van der Waals surface area contributed by atoms with Crippen LogP contribution in [0.15, 0.2) is 35.2 Å². The molecule has 8 nitrogen and oxygen atoms in total. The molecule has 3 heterocycles. The molecule has 4 rings (SSSR count). The van der Waals surface area contributed by atoms with E-state index >= 15 is 0 Å². The van der Waals surface area contributed by atoms with E-state index in [0.717, 1.165) is 45.1 Å². The number of amides is 3.